The van der Waals surface area contributed by atoms with Crippen molar-refractivity contribution in [2.24, 2.45) is 11.7 Å². The molecule has 17 heavy (non-hydrogen) atoms. The molecule has 0 radical (unpaired) electrons. The van der Waals surface area contributed by atoms with Crippen LogP contribution in [0, 0.1) is 5.92 Å². The molecule has 1 heterocycles. The van der Waals surface area contributed by atoms with E-state index < -0.39 is 0 Å². The van der Waals surface area contributed by atoms with E-state index in [0.29, 0.717) is 12.5 Å². The van der Waals surface area contributed by atoms with Crippen molar-refractivity contribution in [2.75, 3.05) is 24.6 Å². The fourth-order valence-corrected chi connectivity index (χ4v) is 2.65. The smallest absolute Gasteiger partial charge is 0.0476 e. The highest BCUT2D eigenvalue weighted by atomic mass is 35.5. The van der Waals surface area contributed by atoms with Gasteiger partial charge in [-0.05, 0) is 42.5 Å². The molecule has 0 saturated carbocycles. The summed E-state index contributed by atoms with van der Waals surface area (Å²) in [5, 5.41) is 9.98. The molecule has 0 spiro atoms. The van der Waals surface area contributed by atoms with Gasteiger partial charge in [0.1, 0.15) is 0 Å². The van der Waals surface area contributed by atoms with Crippen molar-refractivity contribution in [1.29, 1.82) is 0 Å². The SMILES string of the molecule is NCc1cc(Cl)ccc1N1CCCC(CO)C1. The molecule has 3 nitrogen and oxygen atoms in total. The van der Waals surface area contributed by atoms with Crippen molar-refractivity contribution in [2.45, 2.75) is 19.4 Å². The van der Waals surface area contributed by atoms with Crippen LogP contribution in [0.25, 0.3) is 0 Å². The Kier molecular flexibility index (Phi) is 4.26. The molecule has 1 aromatic rings. The van der Waals surface area contributed by atoms with Crippen LogP contribution < -0.4 is 10.6 Å². The Labute approximate surface area is 107 Å². The summed E-state index contributed by atoms with van der Waals surface area (Å²) in [6.45, 7) is 2.70. The van der Waals surface area contributed by atoms with Gasteiger partial charge in [-0.1, -0.05) is 11.6 Å². The van der Waals surface area contributed by atoms with Crippen LogP contribution >= 0.6 is 11.6 Å². The minimum absolute atomic E-state index is 0.266. The summed E-state index contributed by atoms with van der Waals surface area (Å²) < 4.78 is 0. The number of nitrogens with two attached hydrogens (primary N) is 1. The minimum Gasteiger partial charge on any atom is -0.396 e. The molecule has 1 aliphatic rings. The van der Waals surface area contributed by atoms with Crippen LogP contribution in [0.15, 0.2) is 18.2 Å². The summed E-state index contributed by atoms with van der Waals surface area (Å²) in [6.07, 6.45) is 2.23. The molecule has 1 aliphatic heterocycles. The number of halogens is 1. The summed E-state index contributed by atoms with van der Waals surface area (Å²) >= 11 is 5.98. The number of anilines is 1. The van der Waals surface area contributed by atoms with Crippen LogP contribution in [-0.2, 0) is 6.54 Å². The molecular formula is C13H19ClN2O. The number of rotatable bonds is 3. The molecule has 1 fully saturated rings. The Morgan fingerprint density at radius 3 is 3.00 bits per heavy atom. The van der Waals surface area contributed by atoms with Crippen molar-refractivity contribution >= 4 is 17.3 Å². The molecule has 0 amide bonds. The zero-order valence-electron chi connectivity index (χ0n) is 9.90. The maximum absolute atomic E-state index is 9.25. The highest BCUT2D eigenvalue weighted by molar-refractivity contribution is 6.30. The summed E-state index contributed by atoms with van der Waals surface area (Å²) in [6, 6.07) is 5.86. The average Bonchev–Trinajstić information content (AvgIpc) is 2.38. The van der Waals surface area contributed by atoms with E-state index in [0.717, 1.165) is 42.2 Å². The van der Waals surface area contributed by atoms with Gasteiger partial charge in [-0.2, -0.15) is 0 Å². The number of hydrogen-bond acceptors (Lipinski definition) is 3. The Morgan fingerprint density at radius 1 is 1.47 bits per heavy atom. The third-order valence-corrected chi connectivity index (χ3v) is 3.61. The number of aliphatic hydroxyl groups is 1. The second-order valence-electron chi connectivity index (χ2n) is 4.61. The maximum atomic E-state index is 9.25. The highest BCUT2D eigenvalue weighted by Crippen LogP contribution is 2.28. The topological polar surface area (TPSA) is 49.5 Å². The van der Waals surface area contributed by atoms with Gasteiger partial charge in [0.05, 0.1) is 0 Å². The Balaban J connectivity index is 2.20. The first-order valence-electron chi connectivity index (χ1n) is 6.09. The van der Waals surface area contributed by atoms with Crippen LogP contribution in [0.2, 0.25) is 5.02 Å². The number of hydrogen-bond donors (Lipinski definition) is 2. The molecule has 3 N–H and O–H groups in total. The number of benzene rings is 1. The van der Waals surface area contributed by atoms with E-state index in [1.807, 2.05) is 18.2 Å². The van der Waals surface area contributed by atoms with Crippen molar-refractivity contribution in [3.8, 4) is 0 Å². The van der Waals surface area contributed by atoms with Gasteiger partial charge < -0.3 is 15.7 Å². The summed E-state index contributed by atoms with van der Waals surface area (Å²) in [7, 11) is 0. The third-order valence-electron chi connectivity index (χ3n) is 3.38. The molecule has 1 unspecified atom stereocenters. The standard InChI is InChI=1S/C13H19ClN2O/c14-12-3-4-13(11(6-12)7-15)16-5-1-2-10(8-16)9-17/h3-4,6,10,17H,1-2,5,7-9,15H2. The minimum atomic E-state index is 0.266. The summed E-state index contributed by atoms with van der Waals surface area (Å²) in [4.78, 5) is 2.31. The van der Waals surface area contributed by atoms with Gasteiger partial charge in [0.25, 0.3) is 0 Å². The second kappa shape index (κ2) is 5.71. The van der Waals surface area contributed by atoms with Gasteiger partial charge in [-0.15, -0.1) is 0 Å². The largest absolute Gasteiger partial charge is 0.396 e. The van der Waals surface area contributed by atoms with Gasteiger partial charge in [0, 0.05) is 37.0 Å². The Bertz CT molecular complexity index is 384. The fraction of sp³-hybridized carbons (Fsp3) is 0.538. The lowest BCUT2D eigenvalue weighted by Gasteiger charge is -2.34. The molecule has 0 aromatic heterocycles. The number of nitrogens with zero attached hydrogens (tertiary/aromatic N) is 1. The van der Waals surface area contributed by atoms with Gasteiger partial charge in [0.2, 0.25) is 0 Å². The van der Waals surface area contributed by atoms with Crippen molar-refractivity contribution in [3.63, 3.8) is 0 Å². The Morgan fingerprint density at radius 2 is 2.29 bits per heavy atom. The molecule has 4 heteroatoms. The summed E-state index contributed by atoms with van der Waals surface area (Å²) in [5.41, 5.74) is 8.00. The van der Waals surface area contributed by atoms with E-state index in [1.165, 1.54) is 0 Å². The van der Waals surface area contributed by atoms with Gasteiger partial charge >= 0.3 is 0 Å². The predicted molar refractivity (Wildman–Crippen MR) is 71.4 cm³/mol. The monoisotopic (exact) mass is 254 g/mol. The molecule has 1 aromatic carbocycles. The fourth-order valence-electron chi connectivity index (χ4n) is 2.46. The first-order chi connectivity index (χ1) is 8.24. The molecular weight excluding hydrogens is 236 g/mol. The van der Waals surface area contributed by atoms with Gasteiger partial charge in [-0.25, -0.2) is 0 Å². The lowest BCUT2D eigenvalue weighted by Crippen LogP contribution is -2.37. The molecule has 0 aliphatic carbocycles. The first-order valence-corrected chi connectivity index (χ1v) is 6.46. The van der Waals surface area contributed by atoms with Crippen LogP contribution in [-0.4, -0.2) is 24.8 Å². The molecule has 0 bridgehead atoms. The number of piperidine rings is 1. The maximum Gasteiger partial charge on any atom is 0.0476 e. The van der Waals surface area contributed by atoms with Crippen LogP contribution in [0.3, 0.4) is 0 Å². The zero-order chi connectivity index (χ0) is 12.3. The highest BCUT2D eigenvalue weighted by Gasteiger charge is 2.20. The lowest BCUT2D eigenvalue weighted by molar-refractivity contribution is 0.208. The van der Waals surface area contributed by atoms with Crippen LogP contribution in [0.4, 0.5) is 5.69 Å². The van der Waals surface area contributed by atoms with E-state index in [1.54, 1.807) is 0 Å². The van der Waals surface area contributed by atoms with Crippen molar-refractivity contribution in [1.82, 2.24) is 0 Å². The van der Waals surface area contributed by atoms with E-state index in [4.69, 9.17) is 17.3 Å². The van der Waals surface area contributed by atoms with E-state index in [-0.39, 0.29) is 6.61 Å². The first kappa shape index (κ1) is 12.7. The van der Waals surface area contributed by atoms with E-state index in [2.05, 4.69) is 4.90 Å². The Hall–Kier alpha value is -0.770. The van der Waals surface area contributed by atoms with Crippen molar-refractivity contribution in [3.05, 3.63) is 28.8 Å². The van der Waals surface area contributed by atoms with Gasteiger partial charge in [0.15, 0.2) is 0 Å². The molecule has 94 valence electrons. The van der Waals surface area contributed by atoms with Crippen molar-refractivity contribution < 1.29 is 5.11 Å². The quantitative estimate of drug-likeness (QED) is 0.868. The predicted octanol–water partition coefficient (Wildman–Crippen LogP) is 2.01. The third kappa shape index (κ3) is 2.92. The average molecular weight is 255 g/mol. The lowest BCUT2D eigenvalue weighted by atomic mass is 9.97. The second-order valence-corrected chi connectivity index (χ2v) is 5.05. The van der Waals surface area contributed by atoms with E-state index >= 15 is 0 Å². The van der Waals surface area contributed by atoms with Crippen LogP contribution in [0.5, 0.6) is 0 Å². The van der Waals surface area contributed by atoms with E-state index in [9.17, 15) is 5.11 Å². The summed E-state index contributed by atoms with van der Waals surface area (Å²) in [5.74, 6) is 0.380. The van der Waals surface area contributed by atoms with Crippen LogP contribution in [0.1, 0.15) is 18.4 Å². The normalized spacial score (nSPS) is 20.6. The molecule has 2 rings (SSSR count). The van der Waals surface area contributed by atoms with Gasteiger partial charge in [-0.3, -0.25) is 0 Å². The number of aliphatic hydroxyl groups excluding tert-OH is 1. The zero-order valence-corrected chi connectivity index (χ0v) is 10.7. The molecule has 1 atom stereocenters. The molecule has 1 saturated heterocycles.